The van der Waals surface area contributed by atoms with Gasteiger partial charge in [0.05, 0.1) is 32.4 Å². The van der Waals surface area contributed by atoms with Gasteiger partial charge in [0.25, 0.3) is 5.91 Å². The first-order chi connectivity index (χ1) is 21.9. The summed E-state index contributed by atoms with van der Waals surface area (Å²) < 4.78 is 23.2. The van der Waals surface area contributed by atoms with Crippen LogP contribution < -0.4 is 24.3 Å². The van der Waals surface area contributed by atoms with Crippen LogP contribution in [0.5, 0.6) is 34.5 Å². The molecule has 0 aromatic heterocycles. The van der Waals surface area contributed by atoms with E-state index in [4.69, 9.17) is 18.9 Å². The number of nitrogens with one attached hydrogen (secondary N) is 1. The number of carbonyl (C=O) groups is 2. The maximum atomic E-state index is 13.9. The fourth-order valence-corrected chi connectivity index (χ4v) is 5.91. The predicted octanol–water partition coefficient (Wildman–Crippen LogP) is 5.82. The van der Waals surface area contributed by atoms with E-state index in [0.717, 1.165) is 28.0 Å². The number of aromatic hydroxyl groups is 1. The molecule has 0 radical (unpaired) electrons. The van der Waals surface area contributed by atoms with Crippen molar-refractivity contribution in [2.75, 3.05) is 33.9 Å². The van der Waals surface area contributed by atoms with Crippen molar-refractivity contribution in [3.05, 3.63) is 107 Å². The van der Waals surface area contributed by atoms with Gasteiger partial charge in [-0.1, -0.05) is 24.3 Å². The first-order valence-corrected chi connectivity index (χ1v) is 15.1. The van der Waals surface area contributed by atoms with Crippen LogP contribution in [0, 0.1) is 0 Å². The number of phenolic OH excluding ortho intramolecular Hbond substituents is 1. The molecule has 7 rings (SSSR count). The van der Waals surface area contributed by atoms with Gasteiger partial charge >= 0.3 is 0 Å². The first kappa shape index (κ1) is 29.9. The van der Waals surface area contributed by atoms with Gasteiger partial charge in [-0.15, -0.1) is 0 Å². The number of hydrogen-bond acceptors (Lipinski definition) is 7. The van der Waals surface area contributed by atoms with E-state index in [-0.39, 0.29) is 23.3 Å². The summed E-state index contributed by atoms with van der Waals surface area (Å²) in [6.07, 6.45) is 2.17. The summed E-state index contributed by atoms with van der Waals surface area (Å²) in [5.41, 5.74) is 4.19. The van der Waals surface area contributed by atoms with E-state index in [0.29, 0.717) is 68.4 Å². The van der Waals surface area contributed by atoms with Crippen molar-refractivity contribution in [1.29, 1.82) is 0 Å². The van der Waals surface area contributed by atoms with Crippen LogP contribution in [0.4, 0.5) is 0 Å². The fourth-order valence-electron chi connectivity index (χ4n) is 5.91. The Labute approximate surface area is 262 Å². The van der Waals surface area contributed by atoms with Gasteiger partial charge < -0.3 is 34.3 Å². The van der Waals surface area contributed by atoms with Crippen molar-refractivity contribution < 1.29 is 33.6 Å². The van der Waals surface area contributed by atoms with Gasteiger partial charge in [0.1, 0.15) is 23.0 Å². The molecule has 2 amide bonds. The molecule has 1 atom stereocenters. The number of rotatable bonds is 5. The molecule has 45 heavy (non-hydrogen) atoms. The zero-order chi connectivity index (χ0) is 31.3. The van der Waals surface area contributed by atoms with E-state index in [1.807, 2.05) is 65.6 Å². The molecular weight excluding hydrogens is 572 g/mol. The monoisotopic (exact) mass is 608 g/mol. The summed E-state index contributed by atoms with van der Waals surface area (Å²) >= 11 is 0. The number of benzene rings is 4. The van der Waals surface area contributed by atoms with Crippen LogP contribution in [0.25, 0.3) is 0 Å². The van der Waals surface area contributed by atoms with E-state index < -0.39 is 5.91 Å². The number of aryl methyl sites for hydroxylation is 1. The minimum atomic E-state index is -0.399. The molecule has 3 aliphatic heterocycles. The standard InChI is InChI=1S/C36H36N2O7/c1-42-26-8-4-23(5-9-26)6-15-34(40)38-18-16-24-20-27-10-12-29(24)35(38)25-7-14-32(43-2)33(21-25)44-19-3-17-37-36(41)30-22-28(45-27)11-13-31(30)39/h4-5,7-14,20-22,35,39H,3,6,15-19H2,1-2H3,(H,37,41). The smallest absolute Gasteiger partial charge is 0.255 e. The number of fused-ring (bicyclic) bond motifs is 6. The second kappa shape index (κ2) is 13.2. The SMILES string of the molecule is COc1ccc(CCC(=O)N2CCc3cc4ccc3C2c2ccc(OC)c(c2)OCCCNC(=O)c2cc(ccc2O)O4)cc1. The van der Waals surface area contributed by atoms with E-state index >= 15 is 0 Å². The van der Waals surface area contributed by atoms with Crippen LogP contribution in [0.2, 0.25) is 0 Å². The minimum absolute atomic E-state index is 0.0644. The van der Waals surface area contributed by atoms with E-state index in [1.165, 1.54) is 12.1 Å². The zero-order valence-electron chi connectivity index (χ0n) is 25.4. The fraction of sp³-hybridized carbons (Fsp3) is 0.278. The van der Waals surface area contributed by atoms with Gasteiger partial charge in [-0.2, -0.15) is 0 Å². The number of nitrogens with zero attached hydrogens (tertiary/aromatic N) is 1. The normalized spacial score (nSPS) is 16.0. The minimum Gasteiger partial charge on any atom is -0.507 e. The summed E-state index contributed by atoms with van der Waals surface area (Å²) in [5, 5.41) is 13.2. The topological polar surface area (TPSA) is 107 Å². The molecule has 3 heterocycles. The van der Waals surface area contributed by atoms with Crippen molar-refractivity contribution in [1.82, 2.24) is 10.2 Å². The summed E-state index contributed by atoms with van der Waals surface area (Å²) in [5.74, 6) is 2.50. The van der Waals surface area contributed by atoms with Gasteiger partial charge in [-0.3, -0.25) is 9.59 Å². The molecule has 0 saturated heterocycles. The molecule has 9 nitrogen and oxygen atoms in total. The molecule has 4 aromatic carbocycles. The first-order valence-electron chi connectivity index (χ1n) is 15.1. The maximum Gasteiger partial charge on any atom is 0.255 e. The second-order valence-corrected chi connectivity index (χ2v) is 11.1. The zero-order valence-corrected chi connectivity index (χ0v) is 25.4. The molecule has 9 heteroatoms. The van der Waals surface area contributed by atoms with Gasteiger partial charge in [0, 0.05) is 19.5 Å². The van der Waals surface area contributed by atoms with E-state index in [9.17, 15) is 14.7 Å². The lowest BCUT2D eigenvalue weighted by atomic mass is 9.87. The highest BCUT2D eigenvalue weighted by Crippen LogP contribution is 2.41. The highest BCUT2D eigenvalue weighted by Gasteiger charge is 2.33. The Morgan fingerprint density at radius 1 is 0.978 bits per heavy atom. The Morgan fingerprint density at radius 3 is 2.58 bits per heavy atom. The molecular formula is C36H36N2O7. The molecule has 2 N–H and O–H groups in total. The van der Waals surface area contributed by atoms with Crippen LogP contribution in [-0.4, -0.2) is 55.7 Å². The van der Waals surface area contributed by atoms with E-state index in [1.54, 1.807) is 20.3 Å². The predicted molar refractivity (Wildman–Crippen MR) is 169 cm³/mol. The van der Waals surface area contributed by atoms with Crippen LogP contribution >= 0.6 is 0 Å². The van der Waals surface area contributed by atoms with Gasteiger partial charge in [-0.05, 0) is 96.1 Å². The van der Waals surface area contributed by atoms with Crippen molar-refractivity contribution >= 4 is 11.8 Å². The number of ether oxygens (including phenoxy) is 4. The third kappa shape index (κ3) is 6.52. The highest BCUT2D eigenvalue weighted by atomic mass is 16.5. The number of amides is 2. The number of phenols is 1. The Kier molecular flexibility index (Phi) is 8.77. The van der Waals surface area contributed by atoms with Crippen LogP contribution in [0.3, 0.4) is 0 Å². The van der Waals surface area contributed by atoms with Crippen LogP contribution in [0.15, 0.2) is 78.9 Å². The quantitative estimate of drug-likeness (QED) is 0.294. The third-order valence-electron chi connectivity index (χ3n) is 8.27. The summed E-state index contributed by atoms with van der Waals surface area (Å²) in [6.45, 7) is 1.20. The molecule has 4 aromatic rings. The van der Waals surface area contributed by atoms with Crippen LogP contribution in [0.1, 0.15) is 51.5 Å². The Morgan fingerprint density at radius 2 is 1.78 bits per heavy atom. The lowest BCUT2D eigenvalue weighted by Gasteiger charge is -2.38. The number of carbonyl (C=O) groups excluding carboxylic acids is 2. The van der Waals surface area contributed by atoms with E-state index in [2.05, 4.69) is 5.32 Å². The second-order valence-electron chi connectivity index (χ2n) is 11.1. The van der Waals surface area contributed by atoms with Crippen molar-refractivity contribution in [2.24, 2.45) is 0 Å². The van der Waals surface area contributed by atoms with Gasteiger partial charge in [0.15, 0.2) is 11.5 Å². The van der Waals surface area contributed by atoms with Crippen molar-refractivity contribution in [2.45, 2.75) is 31.7 Å². The molecule has 0 spiro atoms. The maximum absolute atomic E-state index is 13.9. The lowest BCUT2D eigenvalue weighted by Crippen LogP contribution is -2.40. The van der Waals surface area contributed by atoms with Gasteiger partial charge in [-0.25, -0.2) is 0 Å². The lowest BCUT2D eigenvalue weighted by molar-refractivity contribution is -0.133. The number of methoxy groups -OCH3 is 2. The Bertz CT molecular complexity index is 1700. The van der Waals surface area contributed by atoms with Crippen molar-refractivity contribution in [3.8, 4) is 34.5 Å². The largest absolute Gasteiger partial charge is 0.507 e. The molecule has 1 unspecified atom stereocenters. The molecule has 8 bridgehead atoms. The van der Waals surface area contributed by atoms with Crippen molar-refractivity contribution in [3.63, 3.8) is 0 Å². The third-order valence-corrected chi connectivity index (χ3v) is 8.27. The Hall–Kier alpha value is -5.18. The average molecular weight is 609 g/mol. The van der Waals surface area contributed by atoms with Gasteiger partial charge in [0.2, 0.25) is 5.91 Å². The number of hydrogen-bond donors (Lipinski definition) is 2. The van der Waals surface area contributed by atoms with Crippen LogP contribution in [-0.2, 0) is 17.6 Å². The summed E-state index contributed by atoms with van der Waals surface area (Å²) in [6, 6.07) is 23.7. The average Bonchev–Trinajstić information content (AvgIpc) is 3.07. The molecule has 0 fully saturated rings. The Balaban J connectivity index is 1.36. The summed E-state index contributed by atoms with van der Waals surface area (Å²) in [4.78, 5) is 28.6. The molecule has 3 aliphatic rings. The molecule has 0 saturated carbocycles. The molecule has 232 valence electrons. The molecule has 0 aliphatic carbocycles. The highest BCUT2D eigenvalue weighted by molar-refractivity contribution is 5.97. The summed E-state index contributed by atoms with van der Waals surface area (Å²) in [7, 11) is 3.23.